The lowest BCUT2D eigenvalue weighted by molar-refractivity contribution is 0.0621. The van der Waals surface area contributed by atoms with Gasteiger partial charge in [0.15, 0.2) is 5.69 Å². The minimum Gasteiger partial charge on any atom is -0.383 e. The van der Waals surface area contributed by atoms with Crippen molar-refractivity contribution in [1.82, 2.24) is 15.1 Å². The molecule has 7 nitrogen and oxygen atoms in total. The predicted octanol–water partition coefficient (Wildman–Crippen LogP) is -0.206. The molecule has 7 heteroatoms. The van der Waals surface area contributed by atoms with Gasteiger partial charge in [-0.3, -0.25) is 4.79 Å². The van der Waals surface area contributed by atoms with Gasteiger partial charge < -0.3 is 20.1 Å². The number of amides is 1. The normalized spacial score (nSPS) is 10.3. The molecule has 1 heterocycles. The molecule has 18 heavy (non-hydrogen) atoms. The van der Waals surface area contributed by atoms with E-state index in [0.29, 0.717) is 26.3 Å². The molecule has 0 aliphatic rings. The van der Waals surface area contributed by atoms with Gasteiger partial charge in [-0.05, 0) is 12.1 Å². The first-order valence-electron chi connectivity index (χ1n) is 5.55. The summed E-state index contributed by atoms with van der Waals surface area (Å²) in [5.41, 5.74) is 5.69. The van der Waals surface area contributed by atoms with Crippen LogP contribution in [0.15, 0.2) is 12.1 Å². The summed E-state index contributed by atoms with van der Waals surface area (Å²) in [5, 5.41) is 7.43. The largest absolute Gasteiger partial charge is 0.383 e. The maximum Gasteiger partial charge on any atom is 0.274 e. The highest BCUT2D eigenvalue weighted by atomic mass is 16.5. The summed E-state index contributed by atoms with van der Waals surface area (Å²) >= 11 is 0. The number of hydrogen-bond donors (Lipinski definition) is 1. The van der Waals surface area contributed by atoms with Crippen molar-refractivity contribution in [1.29, 1.82) is 0 Å². The Morgan fingerprint density at radius 2 is 1.83 bits per heavy atom. The van der Waals surface area contributed by atoms with Gasteiger partial charge in [-0.1, -0.05) is 0 Å². The summed E-state index contributed by atoms with van der Waals surface area (Å²) in [5.74, 6) is 0.0727. The highest BCUT2D eigenvalue weighted by Crippen LogP contribution is 2.03. The van der Waals surface area contributed by atoms with Crippen LogP contribution in [0.3, 0.4) is 0 Å². The zero-order chi connectivity index (χ0) is 13.4. The number of nitrogens with zero attached hydrogens (tertiary/aromatic N) is 3. The van der Waals surface area contributed by atoms with E-state index in [1.807, 2.05) is 0 Å². The fourth-order valence-corrected chi connectivity index (χ4v) is 1.34. The Hall–Kier alpha value is -1.73. The summed E-state index contributed by atoms with van der Waals surface area (Å²) in [6.45, 7) is 1.87. The van der Waals surface area contributed by atoms with Gasteiger partial charge in [-0.2, -0.15) is 0 Å². The average molecular weight is 254 g/mol. The molecule has 0 aliphatic carbocycles. The third kappa shape index (κ3) is 4.27. The number of aromatic nitrogens is 2. The molecule has 0 bridgehead atoms. The second-order valence-electron chi connectivity index (χ2n) is 3.62. The van der Waals surface area contributed by atoms with Crippen LogP contribution >= 0.6 is 0 Å². The van der Waals surface area contributed by atoms with Crippen molar-refractivity contribution >= 4 is 11.7 Å². The minimum absolute atomic E-state index is 0.211. The van der Waals surface area contributed by atoms with E-state index in [1.54, 1.807) is 31.3 Å². The molecule has 0 unspecified atom stereocenters. The number of ether oxygens (including phenoxy) is 2. The molecule has 0 fully saturated rings. The van der Waals surface area contributed by atoms with Gasteiger partial charge in [0, 0.05) is 27.3 Å². The van der Waals surface area contributed by atoms with Crippen LogP contribution in [0.5, 0.6) is 0 Å². The Morgan fingerprint density at radius 1 is 1.22 bits per heavy atom. The third-order valence-electron chi connectivity index (χ3n) is 2.32. The van der Waals surface area contributed by atoms with Crippen molar-refractivity contribution in [2.45, 2.75) is 0 Å². The molecular weight excluding hydrogens is 236 g/mol. The Balaban J connectivity index is 2.70. The summed E-state index contributed by atoms with van der Waals surface area (Å²) in [7, 11) is 3.17. The summed E-state index contributed by atoms with van der Waals surface area (Å²) < 4.78 is 9.93. The van der Waals surface area contributed by atoms with Crippen molar-refractivity contribution in [3.63, 3.8) is 0 Å². The van der Waals surface area contributed by atoms with E-state index >= 15 is 0 Å². The lowest BCUT2D eigenvalue weighted by Crippen LogP contribution is -2.37. The first-order valence-corrected chi connectivity index (χ1v) is 5.55. The molecule has 2 N–H and O–H groups in total. The quantitative estimate of drug-likeness (QED) is 0.724. The maximum absolute atomic E-state index is 12.1. The first kappa shape index (κ1) is 14.3. The highest BCUT2D eigenvalue weighted by molar-refractivity contribution is 5.92. The number of nitrogen functional groups attached to an aromatic ring is 1. The van der Waals surface area contributed by atoms with Gasteiger partial charge >= 0.3 is 0 Å². The van der Waals surface area contributed by atoms with Crippen LogP contribution in [0, 0.1) is 0 Å². The molecule has 0 saturated heterocycles. The van der Waals surface area contributed by atoms with E-state index in [-0.39, 0.29) is 17.4 Å². The first-order chi connectivity index (χ1) is 8.69. The summed E-state index contributed by atoms with van der Waals surface area (Å²) in [6, 6.07) is 3.10. The standard InChI is InChI=1S/C11H18N4O3/c1-17-7-5-15(6-8-18-2)11(16)9-3-4-10(12)14-13-9/h3-4H,5-8H2,1-2H3,(H2,12,14). The van der Waals surface area contributed by atoms with Crippen molar-refractivity contribution in [3.05, 3.63) is 17.8 Å². The fraction of sp³-hybridized carbons (Fsp3) is 0.545. The van der Waals surface area contributed by atoms with Gasteiger partial charge in [0.05, 0.1) is 13.2 Å². The van der Waals surface area contributed by atoms with E-state index in [2.05, 4.69) is 10.2 Å². The Kier molecular flexibility index (Phi) is 6.03. The van der Waals surface area contributed by atoms with E-state index in [9.17, 15) is 4.79 Å². The second kappa shape index (κ2) is 7.57. The Labute approximate surface area is 106 Å². The van der Waals surface area contributed by atoms with Crippen LogP contribution in [-0.4, -0.2) is 61.5 Å². The number of nitrogens with two attached hydrogens (primary N) is 1. The van der Waals surface area contributed by atoms with Crippen LogP contribution in [0.25, 0.3) is 0 Å². The van der Waals surface area contributed by atoms with E-state index in [1.165, 1.54) is 0 Å². The number of methoxy groups -OCH3 is 2. The highest BCUT2D eigenvalue weighted by Gasteiger charge is 2.16. The van der Waals surface area contributed by atoms with Crippen LogP contribution in [0.4, 0.5) is 5.82 Å². The zero-order valence-corrected chi connectivity index (χ0v) is 10.6. The second-order valence-corrected chi connectivity index (χ2v) is 3.62. The molecule has 1 rings (SSSR count). The van der Waals surface area contributed by atoms with E-state index < -0.39 is 0 Å². The number of anilines is 1. The number of carbonyl (C=O) groups is 1. The monoisotopic (exact) mass is 254 g/mol. The van der Waals surface area contributed by atoms with Crippen molar-refractivity contribution in [2.75, 3.05) is 46.3 Å². The lowest BCUT2D eigenvalue weighted by atomic mass is 10.3. The van der Waals surface area contributed by atoms with Gasteiger partial charge in [0.25, 0.3) is 5.91 Å². The molecule has 0 spiro atoms. The Morgan fingerprint density at radius 3 is 2.28 bits per heavy atom. The SMILES string of the molecule is COCCN(CCOC)C(=O)c1ccc(N)nn1. The topological polar surface area (TPSA) is 90.6 Å². The molecule has 1 amide bonds. The molecule has 100 valence electrons. The van der Waals surface area contributed by atoms with Gasteiger partial charge in [-0.15, -0.1) is 10.2 Å². The molecule has 0 saturated carbocycles. The molecule has 0 aromatic carbocycles. The van der Waals surface area contributed by atoms with Gasteiger partial charge in [0.1, 0.15) is 5.82 Å². The molecule has 0 radical (unpaired) electrons. The van der Waals surface area contributed by atoms with Gasteiger partial charge in [0.2, 0.25) is 0 Å². The third-order valence-corrected chi connectivity index (χ3v) is 2.32. The number of rotatable bonds is 7. The fourth-order valence-electron chi connectivity index (χ4n) is 1.34. The average Bonchev–Trinajstić information content (AvgIpc) is 2.39. The van der Waals surface area contributed by atoms with Crippen molar-refractivity contribution in [2.24, 2.45) is 0 Å². The van der Waals surface area contributed by atoms with Crippen LogP contribution in [-0.2, 0) is 9.47 Å². The summed E-state index contributed by atoms with van der Waals surface area (Å²) in [4.78, 5) is 13.7. The van der Waals surface area contributed by atoms with Crippen molar-refractivity contribution < 1.29 is 14.3 Å². The zero-order valence-electron chi connectivity index (χ0n) is 10.6. The minimum atomic E-state index is -0.211. The molecule has 1 aromatic heterocycles. The van der Waals surface area contributed by atoms with Gasteiger partial charge in [-0.25, -0.2) is 0 Å². The molecular formula is C11H18N4O3. The number of carbonyl (C=O) groups excluding carboxylic acids is 1. The summed E-state index contributed by atoms with van der Waals surface area (Å²) in [6.07, 6.45) is 0. The Bertz CT molecular complexity index is 361. The van der Waals surface area contributed by atoms with E-state index in [4.69, 9.17) is 15.2 Å². The van der Waals surface area contributed by atoms with E-state index in [0.717, 1.165) is 0 Å². The molecule has 1 aromatic rings. The lowest BCUT2D eigenvalue weighted by Gasteiger charge is -2.21. The number of hydrogen-bond acceptors (Lipinski definition) is 6. The van der Waals surface area contributed by atoms with Crippen LogP contribution < -0.4 is 5.73 Å². The van der Waals surface area contributed by atoms with Crippen LogP contribution in [0.2, 0.25) is 0 Å². The smallest absolute Gasteiger partial charge is 0.274 e. The van der Waals surface area contributed by atoms with Crippen LogP contribution in [0.1, 0.15) is 10.5 Å². The predicted molar refractivity (Wildman–Crippen MR) is 66.1 cm³/mol. The maximum atomic E-state index is 12.1. The molecule has 0 aliphatic heterocycles. The molecule has 0 atom stereocenters. The van der Waals surface area contributed by atoms with Crippen molar-refractivity contribution in [3.8, 4) is 0 Å².